The molecule has 6 amide bonds. The molecule has 67 heavy (non-hydrogen) atoms. The van der Waals surface area contributed by atoms with Crippen LogP contribution in [0.15, 0.2) is 12.2 Å². The van der Waals surface area contributed by atoms with E-state index in [1.165, 1.54) is 89.0 Å². The van der Waals surface area contributed by atoms with Crippen LogP contribution in [0.3, 0.4) is 0 Å². The molecular formula is C49H90N6O12. The van der Waals surface area contributed by atoms with Crippen LogP contribution in [0.4, 0.5) is 0 Å². The van der Waals surface area contributed by atoms with E-state index in [-0.39, 0.29) is 102 Å². The summed E-state index contributed by atoms with van der Waals surface area (Å²) in [6.07, 6.45) is 22.8. The molecule has 0 aliphatic heterocycles. The molecule has 0 aliphatic rings. The minimum atomic E-state index is -1.28. The third kappa shape index (κ3) is 46.8. The van der Waals surface area contributed by atoms with Crippen molar-refractivity contribution in [3.05, 3.63) is 12.2 Å². The fourth-order valence-electron chi connectivity index (χ4n) is 6.66. The number of unbranched alkanes of at least 4 members (excludes halogenated alkanes) is 14. The number of carboxylic acid groups (broad SMARTS) is 1. The summed E-state index contributed by atoms with van der Waals surface area (Å²) in [5.74, 6) is -2.78. The van der Waals surface area contributed by atoms with Crippen LogP contribution in [-0.2, 0) is 52.5 Å². The number of hydrogen-bond donors (Lipinski definition) is 7. The molecule has 0 radical (unpaired) electrons. The number of aliphatic carboxylic acids is 1. The van der Waals surface area contributed by atoms with Gasteiger partial charge in [0.2, 0.25) is 35.4 Å². The van der Waals surface area contributed by atoms with Gasteiger partial charge in [-0.1, -0.05) is 96.0 Å². The first-order valence-electron chi connectivity index (χ1n) is 25.3. The summed E-state index contributed by atoms with van der Waals surface area (Å²) in [7, 11) is 0. The van der Waals surface area contributed by atoms with E-state index < -0.39 is 24.5 Å². The van der Waals surface area contributed by atoms with E-state index in [0.29, 0.717) is 51.9 Å². The van der Waals surface area contributed by atoms with E-state index in [1.807, 2.05) is 6.92 Å². The van der Waals surface area contributed by atoms with Crippen LogP contribution in [0, 0.1) is 0 Å². The molecule has 0 heterocycles. The number of carbonyl (C=O) groups excluding carboxylic acids is 6. The number of carbonyl (C=O) groups is 7. The largest absolute Gasteiger partial charge is 0.480 e. The summed E-state index contributed by atoms with van der Waals surface area (Å²) >= 11 is 0. The van der Waals surface area contributed by atoms with Gasteiger partial charge in [-0.3, -0.25) is 28.8 Å². The van der Waals surface area contributed by atoms with Gasteiger partial charge >= 0.3 is 5.97 Å². The molecule has 1 atom stereocenters. The van der Waals surface area contributed by atoms with Gasteiger partial charge in [0.05, 0.1) is 39.6 Å². The van der Waals surface area contributed by atoms with Crippen molar-refractivity contribution in [3.8, 4) is 0 Å². The van der Waals surface area contributed by atoms with Gasteiger partial charge in [0.25, 0.3) is 0 Å². The number of hydrogen-bond acceptors (Lipinski definition) is 11. The van der Waals surface area contributed by atoms with Crippen LogP contribution in [0.1, 0.15) is 168 Å². The molecule has 18 nitrogen and oxygen atoms in total. The quantitative estimate of drug-likeness (QED) is 0.0309. The summed E-state index contributed by atoms with van der Waals surface area (Å²) in [5, 5.41) is 25.5. The highest BCUT2D eigenvalue weighted by atomic mass is 16.5. The van der Waals surface area contributed by atoms with Crippen molar-refractivity contribution in [2.75, 3.05) is 85.6 Å². The van der Waals surface area contributed by atoms with Crippen molar-refractivity contribution >= 4 is 41.4 Å². The SMILES string of the molecule is C=C(C)CCCCCCCCCCCCCCCCC(=O)NCCCC(=O)NCCOCCOCC(=O)NCCOCCOCC(=O)NC(CCC(=O)NCCCC(=O)NCCCC)C(=O)O. The van der Waals surface area contributed by atoms with Gasteiger partial charge in [-0.15, -0.1) is 6.58 Å². The van der Waals surface area contributed by atoms with Gasteiger partial charge in [-0.05, 0) is 51.9 Å². The van der Waals surface area contributed by atoms with Crippen LogP contribution in [-0.4, -0.2) is 138 Å². The second kappa shape index (κ2) is 47.0. The normalized spacial score (nSPS) is 11.4. The Balaban J connectivity index is 3.59. The average molecular weight is 955 g/mol. The summed E-state index contributed by atoms with van der Waals surface area (Å²) in [6.45, 7) is 10.7. The van der Waals surface area contributed by atoms with Crippen molar-refractivity contribution in [2.24, 2.45) is 0 Å². The molecule has 1 unspecified atom stereocenters. The van der Waals surface area contributed by atoms with Crippen LogP contribution in [0.2, 0.25) is 0 Å². The molecule has 0 aliphatic carbocycles. The topological polar surface area (TPSA) is 249 Å². The Hall–Kier alpha value is -4.13. The highest BCUT2D eigenvalue weighted by molar-refractivity contribution is 5.85. The van der Waals surface area contributed by atoms with Crippen molar-refractivity contribution in [1.29, 1.82) is 0 Å². The predicted octanol–water partition coefficient (Wildman–Crippen LogP) is 5.16. The monoisotopic (exact) mass is 955 g/mol. The molecular weight excluding hydrogens is 865 g/mol. The Kier molecular flexibility index (Phi) is 44.1. The Bertz CT molecular complexity index is 1340. The molecule has 0 saturated heterocycles. The highest BCUT2D eigenvalue weighted by Gasteiger charge is 2.21. The lowest BCUT2D eigenvalue weighted by Gasteiger charge is -2.14. The maximum atomic E-state index is 12.1. The van der Waals surface area contributed by atoms with Crippen molar-refractivity contribution in [3.63, 3.8) is 0 Å². The maximum Gasteiger partial charge on any atom is 0.326 e. The van der Waals surface area contributed by atoms with Gasteiger partial charge in [0.1, 0.15) is 19.3 Å². The van der Waals surface area contributed by atoms with E-state index in [0.717, 1.165) is 25.7 Å². The third-order valence-electron chi connectivity index (χ3n) is 10.6. The molecule has 0 spiro atoms. The third-order valence-corrected chi connectivity index (χ3v) is 10.6. The van der Waals surface area contributed by atoms with Crippen LogP contribution in [0.25, 0.3) is 0 Å². The van der Waals surface area contributed by atoms with Gasteiger partial charge in [0, 0.05) is 58.4 Å². The standard InChI is InChI=1S/C49H90N6O12/c1-4-5-28-50-44(57)24-20-30-52-46(59)27-26-42(49(62)63)55-48(61)40-67-38-36-65-34-32-54-47(60)39-66-37-35-64-33-31-53-45(58)25-21-29-51-43(56)23-19-17-15-13-11-9-7-6-8-10-12-14-16-18-22-41(2)3/h42H,2,4-40H2,1,3H3,(H,50,57)(H,51,56)(H,52,59)(H,53,58)(H,54,60)(H,55,61)(H,62,63). The molecule has 0 aromatic heterocycles. The zero-order chi connectivity index (χ0) is 49.4. The number of ether oxygens (including phenoxy) is 4. The number of rotatable bonds is 49. The smallest absolute Gasteiger partial charge is 0.326 e. The molecule has 0 aromatic rings. The van der Waals surface area contributed by atoms with E-state index in [2.05, 4.69) is 45.4 Å². The first-order valence-corrected chi connectivity index (χ1v) is 25.3. The summed E-state index contributed by atoms with van der Waals surface area (Å²) in [4.78, 5) is 83.6. The first kappa shape index (κ1) is 62.9. The van der Waals surface area contributed by atoms with Gasteiger partial charge in [-0.2, -0.15) is 0 Å². The molecule has 0 rings (SSSR count). The van der Waals surface area contributed by atoms with Gasteiger partial charge in [-0.25, -0.2) is 4.79 Å². The summed E-state index contributed by atoms with van der Waals surface area (Å²) in [6, 6.07) is -1.27. The van der Waals surface area contributed by atoms with Gasteiger partial charge in [0.15, 0.2) is 0 Å². The minimum Gasteiger partial charge on any atom is -0.480 e. The number of nitrogens with one attached hydrogen (secondary N) is 6. The van der Waals surface area contributed by atoms with Crippen molar-refractivity contribution < 1.29 is 57.6 Å². The van der Waals surface area contributed by atoms with Crippen molar-refractivity contribution in [2.45, 2.75) is 174 Å². The number of amides is 6. The number of allylic oxidation sites excluding steroid dienone is 1. The van der Waals surface area contributed by atoms with E-state index in [1.54, 1.807) is 0 Å². The lowest BCUT2D eigenvalue weighted by atomic mass is 10.0. The van der Waals surface area contributed by atoms with Crippen LogP contribution < -0.4 is 31.9 Å². The van der Waals surface area contributed by atoms with Crippen LogP contribution >= 0.6 is 0 Å². The predicted molar refractivity (Wildman–Crippen MR) is 259 cm³/mol. The van der Waals surface area contributed by atoms with Crippen LogP contribution in [0.5, 0.6) is 0 Å². The average Bonchev–Trinajstić information content (AvgIpc) is 3.29. The van der Waals surface area contributed by atoms with E-state index >= 15 is 0 Å². The van der Waals surface area contributed by atoms with E-state index in [9.17, 15) is 38.7 Å². The minimum absolute atomic E-state index is 0.0437. The summed E-state index contributed by atoms with van der Waals surface area (Å²) < 4.78 is 21.3. The second-order valence-electron chi connectivity index (χ2n) is 17.0. The fraction of sp³-hybridized carbons (Fsp3) is 0.816. The molecule has 388 valence electrons. The summed E-state index contributed by atoms with van der Waals surface area (Å²) in [5.41, 5.74) is 1.30. The fourth-order valence-corrected chi connectivity index (χ4v) is 6.66. The molecule has 7 N–H and O–H groups in total. The number of carboxylic acids is 1. The zero-order valence-electron chi connectivity index (χ0n) is 41.4. The zero-order valence-corrected chi connectivity index (χ0v) is 41.4. The molecule has 0 saturated carbocycles. The van der Waals surface area contributed by atoms with E-state index in [4.69, 9.17) is 18.9 Å². The lowest BCUT2D eigenvalue weighted by Crippen LogP contribution is -2.43. The molecule has 18 heteroatoms. The molecule has 0 bridgehead atoms. The van der Waals surface area contributed by atoms with Gasteiger partial charge < -0.3 is 56.0 Å². The Morgan fingerprint density at radius 3 is 1.22 bits per heavy atom. The molecule has 0 fully saturated rings. The maximum absolute atomic E-state index is 12.1. The van der Waals surface area contributed by atoms with Crippen molar-refractivity contribution in [1.82, 2.24) is 31.9 Å². The highest BCUT2D eigenvalue weighted by Crippen LogP contribution is 2.14. The second-order valence-corrected chi connectivity index (χ2v) is 17.0. The lowest BCUT2D eigenvalue weighted by molar-refractivity contribution is -0.143. The molecule has 0 aromatic carbocycles. The Morgan fingerprint density at radius 1 is 0.418 bits per heavy atom. The Labute approximate surface area is 401 Å². The Morgan fingerprint density at radius 2 is 0.776 bits per heavy atom. The first-order chi connectivity index (χ1) is 32.4.